The lowest BCUT2D eigenvalue weighted by Crippen LogP contribution is -2.19. The number of nitrogens with zero attached hydrogens (tertiary/aromatic N) is 1. The monoisotopic (exact) mass is 364 g/mol. The van der Waals surface area contributed by atoms with Gasteiger partial charge >= 0.3 is 0 Å². The Kier molecular flexibility index (Phi) is 5.03. The quantitative estimate of drug-likeness (QED) is 0.218. The number of methoxy groups -OCH3 is 1. The summed E-state index contributed by atoms with van der Waals surface area (Å²) in [6.07, 6.45) is 0. The number of ether oxygens (including phenoxy) is 1. The summed E-state index contributed by atoms with van der Waals surface area (Å²) in [6, 6.07) is 14.5. The van der Waals surface area contributed by atoms with Gasteiger partial charge in [-0.3, -0.25) is 0 Å². The molecule has 0 aromatic heterocycles. The average molecular weight is 364 g/mol. The number of oxime groups is 1. The van der Waals surface area contributed by atoms with Crippen molar-refractivity contribution in [3.05, 3.63) is 66.0 Å². The molecule has 0 heterocycles. The second kappa shape index (κ2) is 7.41. The fourth-order valence-electron chi connectivity index (χ4n) is 3.08. The van der Waals surface area contributed by atoms with E-state index in [1.807, 2.05) is 13.9 Å². The maximum atomic E-state index is 14.1. The van der Waals surface area contributed by atoms with Gasteiger partial charge in [0.15, 0.2) is 5.84 Å². The van der Waals surface area contributed by atoms with Gasteiger partial charge in [-0.2, -0.15) is 0 Å². The summed E-state index contributed by atoms with van der Waals surface area (Å²) in [7, 11) is 3.37. The molecule has 0 saturated heterocycles. The molecule has 27 heavy (non-hydrogen) atoms. The number of aromatic hydroxyl groups is 1. The Morgan fingerprint density at radius 1 is 1.07 bits per heavy atom. The second-order valence-electron chi connectivity index (χ2n) is 6.11. The molecular formula is C20H18BFN2O3. The van der Waals surface area contributed by atoms with Gasteiger partial charge in [-0.05, 0) is 41.5 Å². The van der Waals surface area contributed by atoms with Gasteiger partial charge in [0.2, 0.25) is 0 Å². The minimum Gasteiger partial charge on any atom is -0.508 e. The van der Waals surface area contributed by atoms with Gasteiger partial charge in [0.25, 0.3) is 0 Å². The summed E-state index contributed by atoms with van der Waals surface area (Å²) in [6.45, 7) is 0. The summed E-state index contributed by atoms with van der Waals surface area (Å²) in [4.78, 5) is 0. The van der Waals surface area contributed by atoms with Crippen LogP contribution >= 0.6 is 0 Å². The first-order valence-corrected chi connectivity index (χ1v) is 8.20. The van der Waals surface area contributed by atoms with E-state index in [0.717, 1.165) is 16.6 Å². The van der Waals surface area contributed by atoms with Crippen molar-refractivity contribution in [1.29, 1.82) is 0 Å². The van der Waals surface area contributed by atoms with E-state index in [-0.39, 0.29) is 11.6 Å². The van der Waals surface area contributed by atoms with Crippen LogP contribution in [0.4, 0.5) is 4.39 Å². The van der Waals surface area contributed by atoms with Crippen molar-refractivity contribution in [3.8, 4) is 33.8 Å². The Labute approximate surface area is 156 Å². The maximum absolute atomic E-state index is 14.1. The minimum atomic E-state index is -0.437. The molecule has 0 aliphatic heterocycles. The summed E-state index contributed by atoms with van der Waals surface area (Å²) < 4.78 is 19.5. The van der Waals surface area contributed by atoms with E-state index in [2.05, 4.69) is 5.16 Å². The Hall–Kier alpha value is -3.48. The summed E-state index contributed by atoms with van der Waals surface area (Å²) in [5.41, 5.74) is 9.81. The molecule has 7 heteroatoms. The van der Waals surface area contributed by atoms with Crippen LogP contribution in [0.2, 0.25) is 0 Å². The molecule has 0 bridgehead atoms. The van der Waals surface area contributed by atoms with Crippen molar-refractivity contribution in [2.75, 3.05) is 7.11 Å². The first-order chi connectivity index (χ1) is 12.9. The van der Waals surface area contributed by atoms with Crippen LogP contribution in [0.5, 0.6) is 11.5 Å². The highest BCUT2D eigenvalue weighted by molar-refractivity contribution is 6.33. The lowest BCUT2D eigenvalue weighted by atomic mass is 9.83. The largest absolute Gasteiger partial charge is 0.508 e. The third kappa shape index (κ3) is 3.57. The van der Waals surface area contributed by atoms with Crippen LogP contribution in [0, 0.1) is 5.82 Å². The Morgan fingerprint density at radius 3 is 2.41 bits per heavy atom. The Bertz CT molecular complexity index is 1020. The zero-order valence-corrected chi connectivity index (χ0v) is 14.9. The molecule has 136 valence electrons. The lowest BCUT2D eigenvalue weighted by molar-refractivity contribution is 0.318. The number of nitrogens with two attached hydrogens (primary N) is 1. The van der Waals surface area contributed by atoms with E-state index in [9.17, 15) is 14.7 Å². The van der Waals surface area contributed by atoms with E-state index in [1.54, 1.807) is 30.3 Å². The highest BCUT2D eigenvalue weighted by Crippen LogP contribution is 2.40. The van der Waals surface area contributed by atoms with Crippen molar-refractivity contribution >= 4 is 19.1 Å². The van der Waals surface area contributed by atoms with E-state index in [0.29, 0.717) is 22.4 Å². The molecule has 0 saturated carbocycles. The predicted molar refractivity (Wildman–Crippen MR) is 106 cm³/mol. The van der Waals surface area contributed by atoms with Gasteiger partial charge in [-0.15, -0.1) is 0 Å². The molecule has 0 amide bonds. The van der Waals surface area contributed by atoms with Crippen molar-refractivity contribution in [3.63, 3.8) is 0 Å². The van der Waals surface area contributed by atoms with Crippen molar-refractivity contribution < 1.29 is 19.4 Å². The summed E-state index contributed by atoms with van der Waals surface area (Å²) in [5, 5.41) is 22.0. The molecule has 0 aliphatic rings. The van der Waals surface area contributed by atoms with Crippen LogP contribution in [0.3, 0.4) is 0 Å². The van der Waals surface area contributed by atoms with Crippen LogP contribution in [0.15, 0.2) is 59.8 Å². The van der Waals surface area contributed by atoms with Gasteiger partial charge in [0.1, 0.15) is 25.2 Å². The topological polar surface area (TPSA) is 88.1 Å². The zero-order valence-electron chi connectivity index (χ0n) is 14.9. The number of halogens is 1. The first kappa shape index (κ1) is 18.3. The van der Waals surface area contributed by atoms with Crippen LogP contribution in [0.1, 0.15) is 5.56 Å². The molecule has 3 rings (SSSR count). The predicted octanol–water partition coefficient (Wildman–Crippen LogP) is 2.23. The van der Waals surface area contributed by atoms with E-state index < -0.39 is 5.82 Å². The molecule has 5 nitrogen and oxygen atoms in total. The van der Waals surface area contributed by atoms with Gasteiger partial charge in [-0.25, -0.2) is 4.39 Å². The fourth-order valence-corrected chi connectivity index (χ4v) is 3.08. The average Bonchev–Trinajstić information content (AvgIpc) is 2.67. The van der Waals surface area contributed by atoms with Crippen LogP contribution in [-0.4, -0.2) is 31.1 Å². The number of hydrogen-bond acceptors (Lipinski definition) is 4. The number of rotatable bonds is 4. The third-order valence-electron chi connectivity index (χ3n) is 4.28. The van der Waals surface area contributed by atoms with E-state index in [1.165, 1.54) is 25.3 Å². The molecule has 0 unspecified atom stereocenters. The summed E-state index contributed by atoms with van der Waals surface area (Å²) in [5.74, 6) is 0.0498. The van der Waals surface area contributed by atoms with Gasteiger partial charge in [0.05, 0.1) is 7.11 Å². The third-order valence-corrected chi connectivity index (χ3v) is 4.28. The van der Waals surface area contributed by atoms with Crippen LogP contribution in [0.25, 0.3) is 22.3 Å². The lowest BCUT2D eigenvalue weighted by Gasteiger charge is -2.19. The fraction of sp³-hybridized carbons (Fsp3) is 0.0500. The second-order valence-corrected chi connectivity index (χ2v) is 6.11. The number of hydrogen-bond donors (Lipinski definition) is 3. The molecule has 0 fully saturated rings. The van der Waals surface area contributed by atoms with Gasteiger partial charge < -0.3 is 20.8 Å². The zero-order chi connectivity index (χ0) is 19.6. The first-order valence-electron chi connectivity index (χ1n) is 8.20. The van der Waals surface area contributed by atoms with E-state index >= 15 is 0 Å². The smallest absolute Gasteiger partial charge is 0.170 e. The van der Waals surface area contributed by atoms with Crippen LogP contribution < -0.4 is 15.9 Å². The Balaban J connectivity index is 2.43. The summed E-state index contributed by atoms with van der Waals surface area (Å²) >= 11 is 0. The molecule has 3 aromatic carbocycles. The van der Waals surface area contributed by atoms with Crippen molar-refractivity contribution in [1.82, 2.24) is 0 Å². The molecule has 0 aliphatic carbocycles. The van der Waals surface area contributed by atoms with Crippen molar-refractivity contribution in [2.45, 2.75) is 0 Å². The SMILES string of the molecule is Bc1cc(/C(N)=N/O)c(-c2cc(F)ccc2OC)c(-c2ccc(O)cc2)c1. The maximum Gasteiger partial charge on any atom is 0.170 e. The van der Waals surface area contributed by atoms with Gasteiger partial charge in [0, 0.05) is 16.7 Å². The van der Waals surface area contributed by atoms with Crippen molar-refractivity contribution in [2.24, 2.45) is 10.9 Å². The molecule has 0 atom stereocenters. The standard InChI is InChI=1S/C20H18BFN2O3/c1-27-18-7-4-13(22)10-16(18)19-15(11-2-5-14(25)6-3-11)8-12(21)9-17(19)20(23)24-26/h2-10,25-26H,21H2,1H3,(H2,23,24). The highest BCUT2D eigenvalue weighted by atomic mass is 19.1. The normalized spacial score (nSPS) is 11.4. The van der Waals surface area contributed by atoms with E-state index in [4.69, 9.17) is 10.5 Å². The van der Waals surface area contributed by atoms with Crippen LogP contribution in [-0.2, 0) is 0 Å². The highest BCUT2D eigenvalue weighted by Gasteiger charge is 2.20. The number of benzene rings is 3. The molecule has 0 spiro atoms. The van der Waals surface area contributed by atoms with Gasteiger partial charge in [-0.1, -0.05) is 34.9 Å². The molecule has 3 aromatic rings. The number of phenols is 1. The molecule has 0 radical (unpaired) electrons. The number of phenolic OH excluding ortho intramolecular Hbond substituents is 1. The minimum absolute atomic E-state index is 0.0972. The number of amidine groups is 1. The Morgan fingerprint density at radius 2 is 1.78 bits per heavy atom. The molecular weight excluding hydrogens is 346 g/mol. The molecule has 4 N–H and O–H groups in total.